The molecule has 0 radical (unpaired) electrons. The van der Waals surface area contributed by atoms with E-state index in [1.807, 2.05) is 0 Å². The van der Waals surface area contributed by atoms with Crippen LogP contribution in [0.2, 0.25) is 0 Å². The van der Waals surface area contributed by atoms with Crippen molar-refractivity contribution in [1.82, 2.24) is 0 Å². The van der Waals surface area contributed by atoms with E-state index in [0.29, 0.717) is 19.3 Å². The van der Waals surface area contributed by atoms with Gasteiger partial charge in [-0.2, -0.15) is 0 Å². The highest BCUT2D eigenvalue weighted by atomic mass is 16.8. The summed E-state index contributed by atoms with van der Waals surface area (Å²) in [5, 5.41) is 141. The van der Waals surface area contributed by atoms with E-state index in [4.69, 9.17) is 28.4 Å². The lowest BCUT2D eigenvalue weighted by Crippen LogP contribution is -2.67. The second-order valence-corrected chi connectivity index (χ2v) is 23.0. The molecule has 388 valence electrons. The molecular formula is C48H82O19. The second kappa shape index (κ2) is 19.8. The molecule has 7 aliphatic rings. The molecule has 19 nitrogen and oxygen atoms in total. The van der Waals surface area contributed by atoms with Gasteiger partial charge in [-0.05, 0) is 99.7 Å². The molecule has 3 saturated carbocycles. The van der Waals surface area contributed by atoms with Gasteiger partial charge in [0.1, 0.15) is 73.2 Å². The quantitative estimate of drug-likeness (QED) is 0.0924. The van der Waals surface area contributed by atoms with Gasteiger partial charge in [-0.3, -0.25) is 0 Å². The fraction of sp³-hybridized carbons (Fsp3) is 0.958. The van der Waals surface area contributed by atoms with E-state index >= 15 is 0 Å². The third-order valence-corrected chi connectivity index (χ3v) is 18.7. The van der Waals surface area contributed by atoms with E-state index in [1.165, 1.54) is 5.57 Å². The molecule has 3 aliphatic heterocycles. The summed E-state index contributed by atoms with van der Waals surface area (Å²) in [6.45, 7) is 14.2. The summed E-state index contributed by atoms with van der Waals surface area (Å²) in [4.78, 5) is 0. The lowest BCUT2D eigenvalue weighted by Gasteiger charge is -2.67. The van der Waals surface area contributed by atoms with Crippen molar-refractivity contribution in [2.75, 3.05) is 19.8 Å². The van der Waals surface area contributed by atoms with E-state index in [0.717, 1.165) is 25.7 Å². The summed E-state index contributed by atoms with van der Waals surface area (Å²) in [6.07, 6.45) is -19.7. The predicted octanol–water partition coefficient (Wildman–Crippen LogP) is -1.06. The Morgan fingerprint density at radius 1 is 0.642 bits per heavy atom. The van der Waals surface area contributed by atoms with Gasteiger partial charge in [0, 0.05) is 10.8 Å². The van der Waals surface area contributed by atoms with Crippen molar-refractivity contribution in [2.45, 2.75) is 223 Å². The minimum Gasteiger partial charge on any atom is -0.394 e. The van der Waals surface area contributed by atoms with Crippen LogP contribution < -0.4 is 0 Å². The Bertz CT molecular complexity index is 1710. The molecule has 0 spiro atoms. The highest BCUT2D eigenvalue weighted by Gasteiger charge is 2.70. The summed E-state index contributed by atoms with van der Waals surface area (Å²) >= 11 is 0. The summed E-state index contributed by atoms with van der Waals surface area (Å²) in [5.74, 6) is 0.678. The number of fused-ring (bicyclic) bond motifs is 5. The molecule has 13 N–H and O–H groups in total. The third kappa shape index (κ3) is 9.13. The van der Waals surface area contributed by atoms with E-state index in [-0.39, 0.29) is 51.8 Å². The Labute approximate surface area is 393 Å². The molecule has 6 fully saturated rings. The normalized spacial score (nSPS) is 51.0. The number of allylic oxidation sites excluding steroid dienone is 1. The minimum absolute atomic E-state index is 0.0795. The van der Waals surface area contributed by atoms with Gasteiger partial charge in [0.25, 0.3) is 0 Å². The number of rotatable bonds is 14. The molecule has 0 aromatic rings. The van der Waals surface area contributed by atoms with Crippen LogP contribution in [0.5, 0.6) is 0 Å². The van der Waals surface area contributed by atoms with Crippen molar-refractivity contribution in [1.29, 1.82) is 0 Å². The number of aliphatic hydroxyl groups is 13. The van der Waals surface area contributed by atoms with Gasteiger partial charge in [-0.25, -0.2) is 0 Å². The Morgan fingerprint density at radius 3 is 1.72 bits per heavy atom. The Kier molecular flexibility index (Phi) is 15.9. The molecule has 3 saturated heterocycles. The van der Waals surface area contributed by atoms with Gasteiger partial charge < -0.3 is 94.8 Å². The van der Waals surface area contributed by atoms with Gasteiger partial charge in [0.15, 0.2) is 18.9 Å². The third-order valence-electron chi connectivity index (χ3n) is 18.7. The molecule has 3 heterocycles. The molecule has 0 amide bonds. The Hall–Kier alpha value is -1.02. The average Bonchev–Trinajstić information content (AvgIpc) is 3.54. The lowest BCUT2D eigenvalue weighted by atomic mass is 9.38. The van der Waals surface area contributed by atoms with Crippen LogP contribution in [0.4, 0.5) is 0 Å². The first kappa shape index (κ1) is 53.8. The first-order chi connectivity index (χ1) is 31.2. The SMILES string of the molecule is C[C@H](CC[C@@H](O[C@@H]1O[C@H](CO)[C@@H](O[C@H]2O[C@@H](CO)[C@H](O)[C@@H](O)[C@@H]2O)[C@H](O)[C@H]1O[C@H]1OC(CO)[C@H](O)[C@@H](O)[C@@H]1O)C(C)(C)O)C1CC[C@@]2(C)C3CC=C4C(CC[C@H](O)C4(C)C)[C@]3(C)[C@H](O)C[C@]12C. The zero-order chi connectivity index (χ0) is 49.5. The molecule has 67 heavy (non-hydrogen) atoms. The van der Waals surface area contributed by atoms with Gasteiger partial charge >= 0.3 is 0 Å². The van der Waals surface area contributed by atoms with Crippen molar-refractivity contribution in [2.24, 2.45) is 45.3 Å². The minimum atomic E-state index is -1.93. The molecule has 4 unspecified atom stereocenters. The number of hydrogen-bond acceptors (Lipinski definition) is 19. The van der Waals surface area contributed by atoms with Gasteiger partial charge in [-0.1, -0.05) is 53.2 Å². The fourth-order valence-corrected chi connectivity index (χ4v) is 14.2. The molecule has 0 bridgehead atoms. The van der Waals surface area contributed by atoms with Crippen molar-refractivity contribution in [3.05, 3.63) is 11.6 Å². The van der Waals surface area contributed by atoms with Crippen LogP contribution in [-0.2, 0) is 28.4 Å². The maximum Gasteiger partial charge on any atom is 0.187 e. The van der Waals surface area contributed by atoms with E-state index in [1.54, 1.807) is 13.8 Å². The zero-order valence-corrected chi connectivity index (χ0v) is 40.3. The number of hydrogen-bond donors (Lipinski definition) is 13. The highest BCUT2D eigenvalue weighted by Crippen LogP contribution is 2.75. The van der Waals surface area contributed by atoms with Crippen molar-refractivity contribution in [3.63, 3.8) is 0 Å². The summed E-state index contributed by atoms with van der Waals surface area (Å²) in [5.41, 5.74) is -1.32. The standard InChI is InChI=1S/C48H82O19/c1-21(22-15-16-46(6)28-12-10-23-24(11-13-29(52)44(23,2)3)48(28,8)30(53)17-47(22,46)7)9-14-31(45(4,5)61)65-43-40(67-42-37(59)35(57)33(55)26(19-50)63-42)38(60)39(27(20-51)64-43)66-41-36(58)34(56)32(54)25(18-49)62-41/h10,21-22,24-43,49-61H,9,11-20H2,1-8H3/t21-,22?,24?,25+,26?,27-,28?,29+,30-,31-,32+,33+,34-,35-,36+,37+,38+,39-,40-,41-,42-,43+,46+,47-,48+/m1/s1. The Balaban J connectivity index is 1.12. The molecular weight excluding hydrogens is 881 g/mol. The van der Waals surface area contributed by atoms with Crippen LogP contribution in [0, 0.1) is 45.3 Å². The summed E-state index contributed by atoms with van der Waals surface area (Å²) in [7, 11) is 0. The largest absolute Gasteiger partial charge is 0.394 e. The van der Waals surface area contributed by atoms with Crippen LogP contribution >= 0.6 is 0 Å². The molecule has 25 atom stereocenters. The second-order valence-electron chi connectivity index (χ2n) is 23.0. The average molecular weight is 963 g/mol. The predicted molar refractivity (Wildman–Crippen MR) is 235 cm³/mol. The van der Waals surface area contributed by atoms with E-state index < -0.39 is 136 Å². The smallest absolute Gasteiger partial charge is 0.187 e. The molecule has 4 aliphatic carbocycles. The van der Waals surface area contributed by atoms with Crippen LogP contribution in [0.25, 0.3) is 0 Å². The molecule has 7 rings (SSSR count). The first-order valence-corrected chi connectivity index (χ1v) is 24.5. The fourth-order valence-electron chi connectivity index (χ4n) is 14.2. The molecule has 0 aromatic heterocycles. The van der Waals surface area contributed by atoms with Crippen LogP contribution in [-0.4, -0.2) is 202 Å². The molecule has 0 aromatic carbocycles. The van der Waals surface area contributed by atoms with E-state index in [9.17, 15) is 66.4 Å². The zero-order valence-electron chi connectivity index (χ0n) is 40.3. The summed E-state index contributed by atoms with van der Waals surface area (Å²) < 4.78 is 35.9. The van der Waals surface area contributed by atoms with Crippen LogP contribution in [0.3, 0.4) is 0 Å². The van der Waals surface area contributed by atoms with Gasteiger partial charge in [0.2, 0.25) is 0 Å². The topological polar surface area (TPSA) is 318 Å². The van der Waals surface area contributed by atoms with Crippen LogP contribution in [0.15, 0.2) is 11.6 Å². The number of aliphatic hydroxyl groups excluding tert-OH is 12. The van der Waals surface area contributed by atoms with Crippen molar-refractivity contribution < 1.29 is 94.8 Å². The van der Waals surface area contributed by atoms with Crippen molar-refractivity contribution >= 4 is 0 Å². The monoisotopic (exact) mass is 963 g/mol. The summed E-state index contributed by atoms with van der Waals surface area (Å²) in [6, 6.07) is 0. The first-order valence-electron chi connectivity index (χ1n) is 24.5. The maximum absolute atomic E-state index is 12.4. The molecule has 19 heteroatoms. The van der Waals surface area contributed by atoms with Gasteiger partial charge in [0.05, 0.1) is 43.7 Å². The van der Waals surface area contributed by atoms with Crippen molar-refractivity contribution in [3.8, 4) is 0 Å². The highest BCUT2D eigenvalue weighted by molar-refractivity contribution is 5.31. The van der Waals surface area contributed by atoms with Gasteiger partial charge in [-0.15, -0.1) is 0 Å². The van der Waals surface area contributed by atoms with Crippen LogP contribution in [0.1, 0.15) is 107 Å². The Morgan fingerprint density at radius 2 is 1.18 bits per heavy atom. The number of ether oxygens (including phenoxy) is 6. The maximum atomic E-state index is 12.4. The lowest BCUT2D eigenvalue weighted by molar-refractivity contribution is -0.393. The van der Waals surface area contributed by atoms with E-state index in [2.05, 4.69) is 47.6 Å².